The smallest absolute Gasteiger partial charge is 0.234 e. The summed E-state index contributed by atoms with van der Waals surface area (Å²) in [6.07, 6.45) is 0. The number of nitrogens with zero attached hydrogens (tertiary/aromatic N) is 3. The number of hydrogen-bond donors (Lipinski definition) is 2. The number of carbonyl (C=O) groups excluding carboxylic acids is 1. The summed E-state index contributed by atoms with van der Waals surface area (Å²) in [4.78, 5) is 24.0. The fourth-order valence-corrected chi connectivity index (χ4v) is 4.11. The van der Waals surface area contributed by atoms with E-state index in [1.165, 1.54) is 17.3 Å². The Morgan fingerprint density at radius 3 is 2.65 bits per heavy atom. The number of benzene rings is 2. The van der Waals surface area contributed by atoms with Crippen LogP contribution in [0.15, 0.2) is 53.7 Å². The van der Waals surface area contributed by atoms with Crippen molar-refractivity contribution in [2.45, 2.75) is 18.6 Å². The van der Waals surface area contributed by atoms with Crippen LogP contribution in [0.4, 0.5) is 11.5 Å². The molecule has 8 heteroatoms. The zero-order valence-corrected chi connectivity index (χ0v) is 18.5. The highest BCUT2D eigenvalue weighted by molar-refractivity contribution is 7.99. The lowest BCUT2D eigenvalue weighted by atomic mass is 10.2. The zero-order valence-electron chi connectivity index (χ0n) is 17.6. The molecule has 7 nitrogen and oxygen atoms in total. The average molecular weight is 438 g/mol. The molecule has 1 aliphatic heterocycles. The lowest BCUT2D eigenvalue weighted by molar-refractivity contribution is -0.113. The van der Waals surface area contributed by atoms with E-state index in [1.54, 1.807) is 0 Å². The summed E-state index contributed by atoms with van der Waals surface area (Å²) < 4.78 is 5.39. The van der Waals surface area contributed by atoms with Gasteiger partial charge in [-0.2, -0.15) is 0 Å². The molecule has 162 valence electrons. The number of fused-ring (bicyclic) bond motifs is 1. The first-order chi connectivity index (χ1) is 15.2. The number of para-hydroxylation sites is 1. The SMILES string of the molecule is CCNc1nc(SCC(=O)Nc2ccc(CN3CCOCC3)cc2)nc2ccccc12. The summed E-state index contributed by atoms with van der Waals surface area (Å²) in [5.41, 5.74) is 2.89. The molecule has 0 aliphatic carbocycles. The van der Waals surface area contributed by atoms with E-state index in [1.807, 2.05) is 43.3 Å². The van der Waals surface area contributed by atoms with Gasteiger partial charge in [0, 0.05) is 37.3 Å². The van der Waals surface area contributed by atoms with Gasteiger partial charge in [-0.05, 0) is 36.8 Å². The van der Waals surface area contributed by atoms with Crippen molar-refractivity contribution in [3.63, 3.8) is 0 Å². The Bertz CT molecular complexity index is 1020. The van der Waals surface area contributed by atoms with Crippen molar-refractivity contribution in [3.05, 3.63) is 54.1 Å². The van der Waals surface area contributed by atoms with E-state index < -0.39 is 0 Å². The van der Waals surface area contributed by atoms with Gasteiger partial charge in [-0.15, -0.1) is 0 Å². The predicted octanol–water partition coefficient (Wildman–Crippen LogP) is 3.62. The molecule has 1 saturated heterocycles. The van der Waals surface area contributed by atoms with Crippen LogP contribution >= 0.6 is 11.8 Å². The molecule has 0 unspecified atom stereocenters. The molecule has 0 radical (unpaired) electrons. The summed E-state index contributed by atoms with van der Waals surface area (Å²) >= 11 is 1.34. The highest BCUT2D eigenvalue weighted by Gasteiger charge is 2.12. The molecule has 1 amide bonds. The molecule has 0 bridgehead atoms. The Labute approximate surface area is 186 Å². The number of rotatable bonds is 8. The van der Waals surface area contributed by atoms with E-state index >= 15 is 0 Å². The fraction of sp³-hybridized carbons (Fsp3) is 0.348. The van der Waals surface area contributed by atoms with Crippen molar-refractivity contribution in [1.29, 1.82) is 0 Å². The van der Waals surface area contributed by atoms with Gasteiger partial charge in [0.25, 0.3) is 0 Å². The number of carbonyl (C=O) groups is 1. The topological polar surface area (TPSA) is 79.4 Å². The Kier molecular flexibility index (Phi) is 7.35. The summed E-state index contributed by atoms with van der Waals surface area (Å²) in [5.74, 6) is 0.971. The second-order valence-electron chi connectivity index (χ2n) is 7.32. The molecule has 2 N–H and O–H groups in total. The summed E-state index contributed by atoms with van der Waals surface area (Å²) in [7, 11) is 0. The predicted molar refractivity (Wildman–Crippen MR) is 126 cm³/mol. The highest BCUT2D eigenvalue weighted by Crippen LogP contribution is 2.24. The van der Waals surface area contributed by atoms with Crippen molar-refractivity contribution < 1.29 is 9.53 Å². The van der Waals surface area contributed by atoms with Gasteiger partial charge in [0.2, 0.25) is 5.91 Å². The van der Waals surface area contributed by atoms with Gasteiger partial charge < -0.3 is 15.4 Å². The third-order valence-corrected chi connectivity index (χ3v) is 5.85. The molecule has 2 heterocycles. The number of anilines is 2. The molecule has 4 rings (SSSR count). The summed E-state index contributed by atoms with van der Waals surface area (Å²) in [6, 6.07) is 15.9. The number of ether oxygens (including phenoxy) is 1. The van der Waals surface area contributed by atoms with Gasteiger partial charge in [0.1, 0.15) is 5.82 Å². The molecule has 0 spiro atoms. The standard InChI is InChI=1S/C23H27N5O2S/c1-2-24-22-19-5-3-4-6-20(19)26-23(27-22)31-16-21(29)25-18-9-7-17(8-10-18)15-28-11-13-30-14-12-28/h3-10H,2,11-16H2,1H3,(H,25,29)(H,24,26,27). The molecular formula is C23H27N5O2S. The molecule has 2 aromatic carbocycles. The largest absolute Gasteiger partial charge is 0.379 e. The maximum atomic E-state index is 12.4. The second-order valence-corrected chi connectivity index (χ2v) is 8.27. The number of aromatic nitrogens is 2. The van der Waals surface area contributed by atoms with E-state index in [2.05, 4.69) is 37.6 Å². The van der Waals surface area contributed by atoms with E-state index in [0.717, 1.165) is 61.8 Å². The van der Waals surface area contributed by atoms with Crippen LogP contribution in [0.5, 0.6) is 0 Å². The first-order valence-electron chi connectivity index (χ1n) is 10.5. The minimum atomic E-state index is -0.0762. The van der Waals surface area contributed by atoms with Crippen LogP contribution in [0.2, 0.25) is 0 Å². The van der Waals surface area contributed by atoms with Crippen molar-refractivity contribution in [2.75, 3.05) is 49.2 Å². The Hall–Kier alpha value is -2.68. The Morgan fingerprint density at radius 1 is 1.10 bits per heavy atom. The second kappa shape index (κ2) is 10.6. The van der Waals surface area contributed by atoms with Crippen LogP contribution in [-0.2, 0) is 16.1 Å². The summed E-state index contributed by atoms with van der Waals surface area (Å²) in [6.45, 7) is 7.22. The van der Waals surface area contributed by atoms with Crippen molar-refractivity contribution >= 4 is 40.1 Å². The van der Waals surface area contributed by atoms with Crippen LogP contribution in [0.3, 0.4) is 0 Å². The highest BCUT2D eigenvalue weighted by atomic mass is 32.2. The molecule has 3 aromatic rings. The number of thioether (sulfide) groups is 1. The van der Waals surface area contributed by atoms with Crippen molar-refractivity contribution in [2.24, 2.45) is 0 Å². The van der Waals surface area contributed by atoms with Gasteiger partial charge in [-0.3, -0.25) is 9.69 Å². The maximum Gasteiger partial charge on any atom is 0.234 e. The van der Waals surface area contributed by atoms with Gasteiger partial charge >= 0.3 is 0 Å². The van der Waals surface area contributed by atoms with Crippen LogP contribution in [-0.4, -0.2) is 59.4 Å². The minimum absolute atomic E-state index is 0.0762. The van der Waals surface area contributed by atoms with Gasteiger partial charge in [-0.1, -0.05) is 36.0 Å². The lowest BCUT2D eigenvalue weighted by Crippen LogP contribution is -2.35. The lowest BCUT2D eigenvalue weighted by Gasteiger charge is -2.26. The molecule has 1 fully saturated rings. The number of morpholine rings is 1. The van der Waals surface area contributed by atoms with Gasteiger partial charge in [0.15, 0.2) is 5.16 Å². The monoisotopic (exact) mass is 437 g/mol. The van der Waals surface area contributed by atoms with Crippen LogP contribution < -0.4 is 10.6 Å². The fourth-order valence-electron chi connectivity index (χ4n) is 3.46. The first-order valence-corrected chi connectivity index (χ1v) is 11.5. The molecule has 0 saturated carbocycles. The maximum absolute atomic E-state index is 12.4. The molecule has 1 aliphatic rings. The van der Waals surface area contributed by atoms with Crippen molar-refractivity contribution in [1.82, 2.24) is 14.9 Å². The average Bonchev–Trinajstić information content (AvgIpc) is 2.80. The minimum Gasteiger partial charge on any atom is -0.379 e. The van der Waals surface area contributed by atoms with Crippen LogP contribution in [0.1, 0.15) is 12.5 Å². The first kappa shape index (κ1) is 21.5. The van der Waals surface area contributed by atoms with Gasteiger partial charge in [0.05, 0.1) is 24.5 Å². The van der Waals surface area contributed by atoms with E-state index in [-0.39, 0.29) is 11.7 Å². The molecule has 31 heavy (non-hydrogen) atoms. The number of amides is 1. The molecular weight excluding hydrogens is 410 g/mol. The molecule has 1 aromatic heterocycles. The quantitative estimate of drug-likeness (QED) is 0.412. The number of hydrogen-bond acceptors (Lipinski definition) is 7. The normalized spacial score (nSPS) is 14.5. The number of nitrogens with one attached hydrogen (secondary N) is 2. The summed E-state index contributed by atoms with van der Waals surface area (Å²) in [5, 5.41) is 7.80. The third-order valence-electron chi connectivity index (χ3n) is 5.01. The molecule has 0 atom stereocenters. The Morgan fingerprint density at radius 2 is 1.87 bits per heavy atom. The van der Waals surface area contributed by atoms with Crippen molar-refractivity contribution in [3.8, 4) is 0 Å². The third kappa shape index (κ3) is 5.94. The van der Waals surface area contributed by atoms with Gasteiger partial charge in [-0.25, -0.2) is 9.97 Å². The zero-order chi connectivity index (χ0) is 21.5. The van der Waals surface area contributed by atoms with E-state index in [0.29, 0.717) is 5.16 Å². The van der Waals surface area contributed by atoms with Crippen LogP contribution in [0, 0.1) is 0 Å². The van der Waals surface area contributed by atoms with Crippen LogP contribution in [0.25, 0.3) is 10.9 Å². The van der Waals surface area contributed by atoms with E-state index in [9.17, 15) is 4.79 Å². The Balaban J connectivity index is 1.32. The van der Waals surface area contributed by atoms with E-state index in [4.69, 9.17) is 4.74 Å².